The molecule has 0 radical (unpaired) electrons. The van der Waals surface area contributed by atoms with E-state index in [0.29, 0.717) is 24.5 Å². The first-order valence-electron chi connectivity index (χ1n) is 8.16. The number of aryl methyl sites for hydroxylation is 1. The minimum atomic E-state index is -0.0619. The number of amides is 1. The van der Waals surface area contributed by atoms with Crippen molar-refractivity contribution in [2.75, 3.05) is 5.32 Å². The van der Waals surface area contributed by atoms with Gasteiger partial charge < -0.3 is 14.7 Å². The molecular weight excluding hydrogens is 314 g/mol. The molecule has 0 bridgehead atoms. The number of anilines is 1. The summed E-state index contributed by atoms with van der Waals surface area (Å²) in [6.07, 6.45) is 4.33. The Kier molecular flexibility index (Phi) is 4.04. The molecular formula is C20H17N3O2. The quantitative estimate of drug-likeness (QED) is 0.569. The molecule has 2 heterocycles. The fourth-order valence-corrected chi connectivity index (χ4v) is 2.79. The minimum Gasteiger partial charge on any atom is -0.441 e. The average molecular weight is 331 g/mol. The Bertz CT molecular complexity index is 1000. The van der Waals surface area contributed by atoms with Crippen LogP contribution in [0.5, 0.6) is 0 Å². The van der Waals surface area contributed by atoms with Gasteiger partial charge in [0, 0.05) is 35.5 Å². The topological polar surface area (TPSA) is 70.9 Å². The maximum atomic E-state index is 12.2. The third kappa shape index (κ3) is 3.30. The van der Waals surface area contributed by atoms with Crippen LogP contribution in [0.3, 0.4) is 0 Å². The third-order valence-corrected chi connectivity index (χ3v) is 4.05. The second-order valence-electron chi connectivity index (χ2n) is 5.78. The summed E-state index contributed by atoms with van der Waals surface area (Å²) < 4.78 is 5.73. The zero-order valence-corrected chi connectivity index (χ0v) is 13.5. The highest BCUT2D eigenvalue weighted by Gasteiger charge is 2.10. The fourth-order valence-electron chi connectivity index (χ4n) is 2.79. The van der Waals surface area contributed by atoms with Gasteiger partial charge in [0.15, 0.2) is 11.7 Å². The minimum absolute atomic E-state index is 0.0619. The molecule has 4 aromatic rings. The SMILES string of the molecule is O=C(CCc1ncc(-c2ccccc2)o1)Nc1cccc2[nH]ccc12. The number of oxazole rings is 1. The van der Waals surface area contributed by atoms with Crippen molar-refractivity contribution in [3.63, 3.8) is 0 Å². The van der Waals surface area contributed by atoms with Gasteiger partial charge in [-0.3, -0.25) is 4.79 Å². The van der Waals surface area contributed by atoms with Crippen molar-refractivity contribution in [3.8, 4) is 11.3 Å². The lowest BCUT2D eigenvalue weighted by Gasteiger charge is -2.05. The number of nitrogens with one attached hydrogen (secondary N) is 2. The first-order chi connectivity index (χ1) is 12.3. The number of hydrogen-bond acceptors (Lipinski definition) is 3. The summed E-state index contributed by atoms with van der Waals surface area (Å²) in [6.45, 7) is 0. The summed E-state index contributed by atoms with van der Waals surface area (Å²) >= 11 is 0. The molecule has 0 aliphatic heterocycles. The lowest BCUT2D eigenvalue weighted by molar-refractivity contribution is -0.116. The molecule has 1 amide bonds. The Balaban J connectivity index is 1.39. The van der Waals surface area contributed by atoms with Gasteiger partial charge in [0.1, 0.15) is 0 Å². The zero-order valence-electron chi connectivity index (χ0n) is 13.5. The van der Waals surface area contributed by atoms with Crippen molar-refractivity contribution in [2.45, 2.75) is 12.8 Å². The molecule has 2 aromatic carbocycles. The monoisotopic (exact) mass is 331 g/mol. The molecule has 0 aliphatic rings. The van der Waals surface area contributed by atoms with Crippen LogP contribution < -0.4 is 5.32 Å². The van der Waals surface area contributed by atoms with E-state index >= 15 is 0 Å². The largest absolute Gasteiger partial charge is 0.441 e. The number of nitrogens with zero attached hydrogens (tertiary/aromatic N) is 1. The summed E-state index contributed by atoms with van der Waals surface area (Å²) in [5, 5.41) is 3.95. The lowest BCUT2D eigenvalue weighted by Crippen LogP contribution is -2.12. The van der Waals surface area contributed by atoms with Crippen LogP contribution in [0.15, 0.2) is 71.4 Å². The van der Waals surface area contributed by atoms with Crippen LogP contribution >= 0.6 is 0 Å². The molecule has 124 valence electrons. The van der Waals surface area contributed by atoms with E-state index in [-0.39, 0.29) is 5.91 Å². The average Bonchev–Trinajstić information content (AvgIpc) is 3.31. The molecule has 2 aromatic heterocycles. The molecule has 0 aliphatic carbocycles. The Labute approximate surface area is 144 Å². The first-order valence-corrected chi connectivity index (χ1v) is 8.16. The summed E-state index contributed by atoms with van der Waals surface area (Å²) in [5.74, 6) is 1.22. The molecule has 0 spiro atoms. The molecule has 0 saturated carbocycles. The normalized spacial score (nSPS) is 10.9. The second-order valence-corrected chi connectivity index (χ2v) is 5.78. The molecule has 5 nitrogen and oxygen atoms in total. The Morgan fingerprint density at radius 2 is 1.96 bits per heavy atom. The van der Waals surface area contributed by atoms with Gasteiger partial charge >= 0.3 is 0 Å². The van der Waals surface area contributed by atoms with Gasteiger partial charge in [-0.1, -0.05) is 36.4 Å². The van der Waals surface area contributed by atoms with Crippen molar-refractivity contribution in [3.05, 3.63) is 72.9 Å². The van der Waals surface area contributed by atoms with Crippen molar-refractivity contribution in [2.24, 2.45) is 0 Å². The maximum Gasteiger partial charge on any atom is 0.224 e. The molecule has 2 N–H and O–H groups in total. The maximum absolute atomic E-state index is 12.2. The van der Waals surface area contributed by atoms with E-state index in [1.54, 1.807) is 6.20 Å². The zero-order chi connectivity index (χ0) is 17.1. The number of carbonyl (C=O) groups is 1. The van der Waals surface area contributed by atoms with Gasteiger partial charge in [-0.05, 0) is 18.2 Å². The van der Waals surface area contributed by atoms with Gasteiger partial charge in [0.2, 0.25) is 5.91 Å². The second kappa shape index (κ2) is 6.65. The molecule has 25 heavy (non-hydrogen) atoms. The lowest BCUT2D eigenvalue weighted by atomic mass is 10.2. The molecule has 5 heteroatoms. The van der Waals surface area contributed by atoms with Crippen molar-refractivity contribution < 1.29 is 9.21 Å². The summed E-state index contributed by atoms with van der Waals surface area (Å²) in [7, 11) is 0. The highest BCUT2D eigenvalue weighted by Crippen LogP contribution is 2.23. The number of H-pyrrole nitrogens is 1. The van der Waals surface area contributed by atoms with E-state index < -0.39 is 0 Å². The predicted molar refractivity (Wildman–Crippen MR) is 97.2 cm³/mol. The summed E-state index contributed by atoms with van der Waals surface area (Å²) in [5.41, 5.74) is 2.78. The Morgan fingerprint density at radius 1 is 1.08 bits per heavy atom. The van der Waals surface area contributed by atoms with E-state index in [1.807, 2.05) is 60.8 Å². The number of aromatic amines is 1. The first kappa shape index (κ1) is 15.2. The number of carbonyl (C=O) groups excluding carboxylic acids is 1. The number of hydrogen-bond donors (Lipinski definition) is 2. The Hall–Kier alpha value is -3.34. The number of rotatable bonds is 5. The van der Waals surface area contributed by atoms with E-state index in [2.05, 4.69) is 15.3 Å². The van der Waals surface area contributed by atoms with E-state index in [0.717, 1.165) is 22.2 Å². The van der Waals surface area contributed by atoms with Crippen LogP contribution in [0.4, 0.5) is 5.69 Å². The van der Waals surface area contributed by atoms with Gasteiger partial charge in [-0.2, -0.15) is 0 Å². The van der Waals surface area contributed by atoms with Crippen molar-refractivity contribution >= 4 is 22.5 Å². The smallest absolute Gasteiger partial charge is 0.224 e. The summed E-state index contributed by atoms with van der Waals surface area (Å²) in [4.78, 5) is 19.6. The molecule has 0 saturated heterocycles. The Morgan fingerprint density at radius 3 is 2.84 bits per heavy atom. The van der Waals surface area contributed by atoms with Crippen LogP contribution in [0.25, 0.3) is 22.2 Å². The molecule has 0 atom stereocenters. The molecule has 0 fully saturated rings. The van der Waals surface area contributed by atoms with Crippen LogP contribution in [0.2, 0.25) is 0 Å². The van der Waals surface area contributed by atoms with Crippen molar-refractivity contribution in [1.82, 2.24) is 9.97 Å². The number of fused-ring (bicyclic) bond motifs is 1. The van der Waals surface area contributed by atoms with E-state index in [4.69, 9.17) is 4.42 Å². The van der Waals surface area contributed by atoms with Gasteiger partial charge in [0.05, 0.1) is 11.9 Å². The van der Waals surface area contributed by atoms with Gasteiger partial charge in [-0.25, -0.2) is 4.98 Å². The summed E-state index contributed by atoms with van der Waals surface area (Å²) in [6, 6.07) is 17.5. The molecule has 4 rings (SSSR count). The predicted octanol–water partition coefficient (Wildman–Crippen LogP) is 4.39. The van der Waals surface area contributed by atoms with Crippen LogP contribution in [0.1, 0.15) is 12.3 Å². The van der Waals surface area contributed by atoms with E-state index in [1.165, 1.54) is 0 Å². The number of benzene rings is 2. The highest BCUT2D eigenvalue weighted by molar-refractivity contribution is 6.01. The number of aromatic nitrogens is 2. The van der Waals surface area contributed by atoms with Gasteiger partial charge in [0.25, 0.3) is 0 Å². The highest BCUT2D eigenvalue weighted by atomic mass is 16.4. The van der Waals surface area contributed by atoms with Gasteiger partial charge in [-0.15, -0.1) is 0 Å². The van der Waals surface area contributed by atoms with E-state index in [9.17, 15) is 4.79 Å². The standard InChI is InChI=1S/C20H17N3O2/c24-19(23-17-8-4-7-16-15(17)11-12-21-16)9-10-20-22-13-18(25-20)14-5-2-1-3-6-14/h1-8,11-13,21H,9-10H2,(H,23,24). The van der Waals surface area contributed by atoms with Crippen LogP contribution in [0, 0.1) is 0 Å². The fraction of sp³-hybridized carbons (Fsp3) is 0.100. The van der Waals surface area contributed by atoms with Crippen molar-refractivity contribution in [1.29, 1.82) is 0 Å². The van der Waals surface area contributed by atoms with Crippen LogP contribution in [-0.4, -0.2) is 15.9 Å². The van der Waals surface area contributed by atoms with Crippen LogP contribution in [-0.2, 0) is 11.2 Å². The third-order valence-electron chi connectivity index (χ3n) is 4.05. The molecule has 0 unspecified atom stereocenters.